The van der Waals surface area contributed by atoms with Crippen molar-refractivity contribution in [3.05, 3.63) is 35.6 Å². The van der Waals surface area contributed by atoms with E-state index in [-0.39, 0.29) is 0 Å². The molecule has 1 heterocycles. The van der Waals surface area contributed by atoms with Crippen LogP contribution >= 0.6 is 0 Å². The minimum atomic E-state index is 0.454. The van der Waals surface area contributed by atoms with Crippen LogP contribution in [0.2, 0.25) is 0 Å². The van der Waals surface area contributed by atoms with Crippen LogP contribution in [0, 0.1) is 6.92 Å². The van der Waals surface area contributed by atoms with E-state index in [4.69, 9.17) is 4.42 Å². The number of hydrogen-bond acceptors (Lipinski definition) is 2. The summed E-state index contributed by atoms with van der Waals surface area (Å²) < 4.78 is 5.44. The van der Waals surface area contributed by atoms with E-state index in [1.807, 2.05) is 31.2 Å². The summed E-state index contributed by atoms with van der Waals surface area (Å²) in [7, 11) is 0. The van der Waals surface area contributed by atoms with Crippen LogP contribution in [0.4, 0.5) is 0 Å². The standard InChI is InChI=1S/C11H10O2/c1-8-6-10-3-2-9(4-5-12)7-11(10)13-8/h2-3,5-7H,4H2,1H3. The first-order valence-electron chi connectivity index (χ1n) is 4.22. The summed E-state index contributed by atoms with van der Waals surface area (Å²) in [6, 6.07) is 7.83. The molecule has 2 rings (SSSR count). The third-order valence-corrected chi connectivity index (χ3v) is 2.03. The Hall–Kier alpha value is -1.57. The van der Waals surface area contributed by atoms with Crippen molar-refractivity contribution in [3.8, 4) is 0 Å². The molecular weight excluding hydrogens is 164 g/mol. The third-order valence-electron chi connectivity index (χ3n) is 2.03. The number of furan rings is 1. The Labute approximate surface area is 76.2 Å². The normalized spacial score (nSPS) is 10.5. The molecule has 0 unspecified atom stereocenters. The van der Waals surface area contributed by atoms with Gasteiger partial charge < -0.3 is 9.21 Å². The molecular formula is C11H10O2. The highest BCUT2D eigenvalue weighted by molar-refractivity contribution is 5.79. The smallest absolute Gasteiger partial charge is 0.134 e. The molecule has 0 radical (unpaired) electrons. The molecule has 0 fully saturated rings. The largest absolute Gasteiger partial charge is 0.461 e. The van der Waals surface area contributed by atoms with E-state index in [9.17, 15) is 4.79 Å². The molecule has 66 valence electrons. The maximum absolute atomic E-state index is 10.3. The molecule has 2 nitrogen and oxygen atoms in total. The number of rotatable bonds is 2. The Balaban J connectivity index is 2.54. The van der Waals surface area contributed by atoms with Crippen molar-refractivity contribution in [2.75, 3.05) is 0 Å². The fourth-order valence-electron chi connectivity index (χ4n) is 1.43. The molecule has 2 aromatic rings. The highest BCUT2D eigenvalue weighted by atomic mass is 16.3. The molecule has 0 aliphatic heterocycles. The lowest BCUT2D eigenvalue weighted by Crippen LogP contribution is -1.83. The van der Waals surface area contributed by atoms with E-state index in [1.54, 1.807) is 0 Å². The lowest BCUT2D eigenvalue weighted by molar-refractivity contribution is -0.107. The van der Waals surface area contributed by atoms with Crippen LogP contribution in [0.5, 0.6) is 0 Å². The predicted molar refractivity (Wildman–Crippen MR) is 50.7 cm³/mol. The number of benzene rings is 1. The Morgan fingerprint density at radius 3 is 3.00 bits per heavy atom. The highest BCUT2D eigenvalue weighted by Crippen LogP contribution is 2.19. The van der Waals surface area contributed by atoms with E-state index in [0.29, 0.717) is 6.42 Å². The minimum Gasteiger partial charge on any atom is -0.461 e. The summed E-state index contributed by atoms with van der Waals surface area (Å²) in [6.07, 6.45) is 1.35. The van der Waals surface area contributed by atoms with Gasteiger partial charge in [0, 0.05) is 11.8 Å². The molecule has 0 saturated carbocycles. The van der Waals surface area contributed by atoms with Gasteiger partial charge in [-0.15, -0.1) is 0 Å². The quantitative estimate of drug-likeness (QED) is 0.655. The number of carbonyl (C=O) groups excluding carboxylic acids is 1. The lowest BCUT2D eigenvalue weighted by atomic mass is 10.1. The number of fused-ring (bicyclic) bond motifs is 1. The van der Waals surface area contributed by atoms with Gasteiger partial charge in [0.2, 0.25) is 0 Å². The first-order chi connectivity index (χ1) is 6.29. The first-order valence-corrected chi connectivity index (χ1v) is 4.22. The van der Waals surface area contributed by atoms with Gasteiger partial charge in [0.25, 0.3) is 0 Å². The second kappa shape index (κ2) is 3.05. The molecule has 0 amide bonds. The van der Waals surface area contributed by atoms with Crippen molar-refractivity contribution in [1.82, 2.24) is 0 Å². The molecule has 1 aromatic carbocycles. The number of hydrogen-bond donors (Lipinski definition) is 0. The molecule has 0 saturated heterocycles. The molecule has 0 spiro atoms. The van der Waals surface area contributed by atoms with Gasteiger partial charge >= 0.3 is 0 Å². The van der Waals surface area contributed by atoms with Crippen molar-refractivity contribution >= 4 is 17.3 Å². The van der Waals surface area contributed by atoms with E-state index in [2.05, 4.69) is 0 Å². The van der Waals surface area contributed by atoms with Crippen molar-refractivity contribution in [3.63, 3.8) is 0 Å². The first kappa shape index (κ1) is 8.05. The monoisotopic (exact) mass is 174 g/mol. The van der Waals surface area contributed by atoms with Gasteiger partial charge in [-0.05, 0) is 24.6 Å². The van der Waals surface area contributed by atoms with E-state index in [1.165, 1.54) is 0 Å². The van der Waals surface area contributed by atoms with Crippen LogP contribution in [-0.2, 0) is 11.2 Å². The molecule has 0 aliphatic rings. The maximum Gasteiger partial charge on any atom is 0.134 e. The van der Waals surface area contributed by atoms with Crippen LogP contribution in [0.3, 0.4) is 0 Å². The zero-order valence-electron chi connectivity index (χ0n) is 7.41. The average molecular weight is 174 g/mol. The Kier molecular flexibility index (Phi) is 1.89. The molecule has 2 heteroatoms. The van der Waals surface area contributed by atoms with E-state index < -0.39 is 0 Å². The number of aldehydes is 1. The minimum absolute atomic E-state index is 0.454. The van der Waals surface area contributed by atoms with Gasteiger partial charge in [-0.3, -0.25) is 0 Å². The van der Waals surface area contributed by atoms with Gasteiger partial charge in [-0.2, -0.15) is 0 Å². The van der Waals surface area contributed by atoms with Gasteiger partial charge in [-0.1, -0.05) is 12.1 Å². The van der Waals surface area contributed by atoms with Crippen molar-refractivity contribution in [1.29, 1.82) is 0 Å². The predicted octanol–water partition coefficient (Wildman–Crippen LogP) is 2.48. The number of aryl methyl sites for hydroxylation is 1. The van der Waals surface area contributed by atoms with Gasteiger partial charge in [0.05, 0.1) is 0 Å². The Morgan fingerprint density at radius 1 is 1.38 bits per heavy atom. The van der Waals surface area contributed by atoms with Crippen molar-refractivity contribution in [2.45, 2.75) is 13.3 Å². The lowest BCUT2D eigenvalue weighted by Gasteiger charge is -1.93. The van der Waals surface area contributed by atoms with Crippen LogP contribution in [-0.4, -0.2) is 6.29 Å². The molecule has 0 N–H and O–H groups in total. The Bertz CT molecular complexity index is 440. The van der Waals surface area contributed by atoms with Crippen molar-refractivity contribution in [2.24, 2.45) is 0 Å². The fourth-order valence-corrected chi connectivity index (χ4v) is 1.43. The molecule has 0 bridgehead atoms. The van der Waals surface area contributed by atoms with Gasteiger partial charge in [-0.25, -0.2) is 0 Å². The highest BCUT2D eigenvalue weighted by Gasteiger charge is 2.00. The van der Waals surface area contributed by atoms with Crippen LogP contribution in [0.1, 0.15) is 11.3 Å². The van der Waals surface area contributed by atoms with Gasteiger partial charge in [0.1, 0.15) is 17.6 Å². The molecule has 1 aromatic heterocycles. The summed E-state index contributed by atoms with van der Waals surface area (Å²) in [5.74, 6) is 0.901. The Morgan fingerprint density at radius 2 is 2.23 bits per heavy atom. The van der Waals surface area contributed by atoms with Crippen LogP contribution in [0.25, 0.3) is 11.0 Å². The summed E-state index contributed by atoms with van der Waals surface area (Å²) in [6.45, 7) is 1.92. The van der Waals surface area contributed by atoms with E-state index >= 15 is 0 Å². The third kappa shape index (κ3) is 1.47. The molecule has 0 aliphatic carbocycles. The van der Waals surface area contributed by atoms with Gasteiger partial charge in [0.15, 0.2) is 0 Å². The second-order valence-electron chi connectivity index (χ2n) is 3.10. The summed E-state index contributed by atoms with van der Waals surface area (Å²) in [5.41, 5.74) is 1.86. The van der Waals surface area contributed by atoms with Crippen LogP contribution < -0.4 is 0 Å². The molecule has 0 atom stereocenters. The van der Waals surface area contributed by atoms with Crippen LogP contribution in [0.15, 0.2) is 28.7 Å². The summed E-state index contributed by atoms with van der Waals surface area (Å²) in [4.78, 5) is 10.3. The summed E-state index contributed by atoms with van der Waals surface area (Å²) in [5, 5.41) is 1.09. The summed E-state index contributed by atoms with van der Waals surface area (Å²) >= 11 is 0. The molecule has 13 heavy (non-hydrogen) atoms. The zero-order chi connectivity index (χ0) is 9.26. The second-order valence-corrected chi connectivity index (χ2v) is 3.10. The SMILES string of the molecule is Cc1cc2ccc(CC=O)cc2o1. The topological polar surface area (TPSA) is 30.2 Å². The zero-order valence-corrected chi connectivity index (χ0v) is 7.41. The average Bonchev–Trinajstić information content (AvgIpc) is 2.44. The van der Waals surface area contributed by atoms with Crippen molar-refractivity contribution < 1.29 is 9.21 Å². The van der Waals surface area contributed by atoms with E-state index in [0.717, 1.165) is 28.6 Å². The maximum atomic E-state index is 10.3. The number of carbonyl (C=O) groups is 1. The fraction of sp³-hybridized carbons (Fsp3) is 0.182.